The summed E-state index contributed by atoms with van der Waals surface area (Å²) in [6.07, 6.45) is 1.97. The monoisotopic (exact) mass is 261 g/mol. The summed E-state index contributed by atoms with van der Waals surface area (Å²) in [7, 11) is 0. The number of hydrogen-bond donors (Lipinski definition) is 2. The van der Waals surface area contributed by atoms with E-state index in [-0.39, 0.29) is 5.91 Å². The van der Waals surface area contributed by atoms with E-state index in [0.717, 1.165) is 37.2 Å². The Labute approximate surface area is 115 Å². The van der Waals surface area contributed by atoms with E-state index >= 15 is 0 Å². The lowest BCUT2D eigenvalue weighted by Gasteiger charge is -2.29. The SMILES string of the molecule is Cc1cccc(NC(=O)CN2CCC(N)CC2)c1C. The first-order valence-electron chi connectivity index (χ1n) is 6.90. The van der Waals surface area contributed by atoms with Crippen LogP contribution in [-0.2, 0) is 4.79 Å². The van der Waals surface area contributed by atoms with Gasteiger partial charge in [-0.25, -0.2) is 0 Å². The van der Waals surface area contributed by atoms with Gasteiger partial charge in [0.15, 0.2) is 0 Å². The number of rotatable bonds is 3. The van der Waals surface area contributed by atoms with Crippen molar-refractivity contribution in [2.24, 2.45) is 5.73 Å². The molecule has 1 amide bonds. The number of piperidine rings is 1. The Balaban J connectivity index is 1.89. The second kappa shape index (κ2) is 6.17. The highest BCUT2D eigenvalue weighted by Gasteiger charge is 2.18. The number of likely N-dealkylation sites (tertiary alicyclic amines) is 1. The highest BCUT2D eigenvalue weighted by atomic mass is 16.2. The fourth-order valence-electron chi connectivity index (χ4n) is 2.39. The second-order valence-corrected chi connectivity index (χ2v) is 5.41. The smallest absolute Gasteiger partial charge is 0.238 e. The Kier molecular flexibility index (Phi) is 4.56. The van der Waals surface area contributed by atoms with E-state index in [2.05, 4.69) is 23.2 Å². The maximum absolute atomic E-state index is 12.0. The number of anilines is 1. The zero-order valence-electron chi connectivity index (χ0n) is 11.8. The molecule has 4 nitrogen and oxygen atoms in total. The number of hydrogen-bond acceptors (Lipinski definition) is 3. The summed E-state index contributed by atoms with van der Waals surface area (Å²) < 4.78 is 0. The molecule has 1 aliphatic rings. The minimum atomic E-state index is 0.0594. The zero-order chi connectivity index (χ0) is 13.8. The van der Waals surface area contributed by atoms with Crippen LogP contribution in [0.5, 0.6) is 0 Å². The molecule has 3 N–H and O–H groups in total. The van der Waals surface area contributed by atoms with Crippen molar-refractivity contribution in [3.63, 3.8) is 0 Å². The standard InChI is InChI=1S/C15H23N3O/c1-11-4-3-5-14(12(11)2)17-15(19)10-18-8-6-13(16)7-9-18/h3-5,13H,6-10,16H2,1-2H3,(H,17,19). The van der Waals surface area contributed by atoms with Crippen LogP contribution in [-0.4, -0.2) is 36.5 Å². The molecule has 0 aliphatic carbocycles. The van der Waals surface area contributed by atoms with Crippen LogP contribution in [0.4, 0.5) is 5.69 Å². The van der Waals surface area contributed by atoms with E-state index in [1.54, 1.807) is 0 Å². The average molecular weight is 261 g/mol. The third-order valence-corrected chi connectivity index (χ3v) is 3.88. The normalized spacial score (nSPS) is 17.4. The Morgan fingerprint density at radius 3 is 2.74 bits per heavy atom. The van der Waals surface area contributed by atoms with E-state index in [1.165, 1.54) is 5.56 Å². The van der Waals surface area contributed by atoms with Gasteiger partial charge in [0.1, 0.15) is 0 Å². The van der Waals surface area contributed by atoms with Gasteiger partial charge < -0.3 is 11.1 Å². The first-order valence-corrected chi connectivity index (χ1v) is 6.90. The molecular formula is C15H23N3O. The lowest BCUT2D eigenvalue weighted by Crippen LogP contribution is -2.43. The number of benzene rings is 1. The Hall–Kier alpha value is -1.39. The van der Waals surface area contributed by atoms with Gasteiger partial charge in [-0.05, 0) is 43.9 Å². The highest BCUT2D eigenvalue weighted by molar-refractivity contribution is 5.93. The predicted octanol–water partition coefficient (Wildman–Crippen LogP) is 1.67. The summed E-state index contributed by atoms with van der Waals surface area (Å²) in [6, 6.07) is 6.28. The maximum Gasteiger partial charge on any atom is 0.238 e. The number of carbonyl (C=O) groups excluding carboxylic acids is 1. The Morgan fingerprint density at radius 2 is 2.05 bits per heavy atom. The molecule has 1 heterocycles. The molecule has 4 heteroatoms. The minimum Gasteiger partial charge on any atom is -0.328 e. The third kappa shape index (κ3) is 3.78. The molecule has 0 saturated carbocycles. The molecule has 2 rings (SSSR count). The van der Waals surface area contributed by atoms with E-state index < -0.39 is 0 Å². The fourth-order valence-corrected chi connectivity index (χ4v) is 2.39. The summed E-state index contributed by atoms with van der Waals surface area (Å²) in [5.74, 6) is 0.0594. The summed E-state index contributed by atoms with van der Waals surface area (Å²) in [5.41, 5.74) is 9.11. The van der Waals surface area contributed by atoms with Crippen LogP contribution < -0.4 is 11.1 Å². The van der Waals surface area contributed by atoms with Gasteiger partial charge in [0.2, 0.25) is 5.91 Å². The van der Waals surface area contributed by atoms with Crippen molar-refractivity contribution in [3.8, 4) is 0 Å². The molecule has 19 heavy (non-hydrogen) atoms. The molecule has 0 unspecified atom stereocenters. The largest absolute Gasteiger partial charge is 0.328 e. The number of amides is 1. The Bertz CT molecular complexity index is 451. The molecule has 1 aromatic rings. The van der Waals surface area contributed by atoms with Crippen LogP contribution in [0.1, 0.15) is 24.0 Å². The van der Waals surface area contributed by atoms with Crippen molar-refractivity contribution in [2.45, 2.75) is 32.7 Å². The predicted molar refractivity (Wildman–Crippen MR) is 78.2 cm³/mol. The van der Waals surface area contributed by atoms with E-state index in [1.807, 2.05) is 19.1 Å². The molecule has 1 saturated heterocycles. The van der Waals surface area contributed by atoms with Gasteiger partial charge >= 0.3 is 0 Å². The molecule has 0 aromatic heterocycles. The lowest BCUT2D eigenvalue weighted by molar-refractivity contribution is -0.117. The van der Waals surface area contributed by atoms with Crippen LogP contribution in [0.2, 0.25) is 0 Å². The lowest BCUT2D eigenvalue weighted by atomic mass is 10.1. The number of nitrogens with one attached hydrogen (secondary N) is 1. The van der Waals surface area contributed by atoms with Crippen LogP contribution in [0.25, 0.3) is 0 Å². The number of aryl methyl sites for hydroxylation is 1. The molecule has 0 spiro atoms. The number of carbonyl (C=O) groups is 1. The summed E-state index contributed by atoms with van der Waals surface area (Å²) in [4.78, 5) is 14.2. The van der Waals surface area contributed by atoms with Gasteiger partial charge in [-0.15, -0.1) is 0 Å². The van der Waals surface area contributed by atoms with Crippen LogP contribution >= 0.6 is 0 Å². The van der Waals surface area contributed by atoms with Gasteiger partial charge in [0.05, 0.1) is 6.54 Å². The van der Waals surface area contributed by atoms with Gasteiger partial charge in [0.25, 0.3) is 0 Å². The number of nitrogens with two attached hydrogens (primary N) is 1. The second-order valence-electron chi connectivity index (χ2n) is 5.41. The topological polar surface area (TPSA) is 58.4 Å². The molecule has 1 fully saturated rings. The van der Waals surface area contributed by atoms with Crippen LogP contribution in [0.3, 0.4) is 0 Å². The molecular weight excluding hydrogens is 238 g/mol. The van der Waals surface area contributed by atoms with Crippen molar-refractivity contribution in [1.82, 2.24) is 4.90 Å². The van der Waals surface area contributed by atoms with Gasteiger partial charge in [-0.2, -0.15) is 0 Å². The van der Waals surface area contributed by atoms with Crippen molar-refractivity contribution < 1.29 is 4.79 Å². The van der Waals surface area contributed by atoms with E-state index in [4.69, 9.17) is 5.73 Å². The summed E-state index contributed by atoms with van der Waals surface area (Å²) in [6.45, 7) is 6.38. The summed E-state index contributed by atoms with van der Waals surface area (Å²) >= 11 is 0. The molecule has 1 aromatic carbocycles. The molecule has 104 valence electrons. The first-order chi connectivity index (χ1) is 9.06. The number of nitrogens with zero attached hydrogens (tertiary/aromatic N) is 1. The van der Waals surface area contributed by atoms with Crippen LogP contribution in [0, 0.1) is 13.8 Å². The minimum absolute atomic E-state index is 0.0594. The summed E-state index contributed by atoms with van der Waals surface area (Å²) in [5, 5.41) is 3.00. The molecule has 0 radical (unpaired) electrons. The Morgan fingerprint density at radius 1 is 1.37 bits per heavy atom. The van der Waals surface area contributed by atoms with Gasteiger partial charge in [0, 0.05) is 24.8 Å². The van der Waals surface area contributed by atoms with Crippen molar-refractivity contribution in [1.29, 1.82) is 0 Å². The molecule has 0 bridgehead atoms. The quantitative estimate of drug-likeness (QED) is 0.870. The van der Waals surface area contributed by atoms with Crippen LogP contribution in [0.15, 0.2) is 18.2 Å². The highest BCUT2D eigenvalue weighted by Crippen LogP contribution is 2.18. The average Bonchev–Trinajstić information content (AvgIpc) is 2.38. The zero-order valence-corrected chi connectivity index (χ0v) is 11.8. The molecule has 0 atom stereocenters. The van der Waals surface area contributed by atoms with Gasteiger partial charge in [-0.3, -0.25) is 9.69 Å². The maximum atomic E-state index is 12.0. The van der Waals surface area contributed by atoms with Crippen molar-refractivity contribution in [3.05, 3.63) is 29.3 Å². The van der Waals surface area contributed by atoms with Crippen molar-refractivity contribution in [2.75, 3.05) is 25.0 Å². The van der Waals surface area contributed by atoms with E-state index in [0.29, 0.717) is 12.6 Å². The van der Waals surface area contributed by atoms with Gasteiger partial charge in [-0.1, -0.05) is 12.1 Å². The fraction of sp³-hybridized carbons (Fsp3) is 0.533. The third-order valence-electron chi connectivity index (χ3n) is 3.88. The first kappa shape index (κ1) is 14.0. The van der Waals surface area contributed by atoms with E-state index in [9.17, 15) is 4.79 Å². The molecule has 1 aliphatic heterocycles. The van der Waals surface area contributed by atoms with Crippen molar-refractivity contribution >= 4 is 11.6 Å².